The summed E-state index contributed by atoms with van der Waals surface area (Å²) in [6.07, 6.45) is 0.630. The average molecular weight is 548 g/mol. The molecule has 1 aliphatic heterocycles. The van der Waals surface area contributed by atoms with E-state index in [0.29, 0.717) is 18.8 Å². The van der Waals surface area contributed by atoms with Gasteiger partial charge in [-0.05, 0) is 25.1 Å². The standard InChI is InChI=1S/C23H21ClF3N9O2/c1-11(22(38)35-9-12(28)10-35)32-21(37)14-3-2-13(6-16(14)24)33-19-20-30-8-17(36(20)5-4-29-19)15-7-31-34-18(15)23(25,26)27/h2-8,11-12H,9-10,28H2,1H3,(H,29,33)(H,31,34)(H,32,37)/t11-/m1/s1. The predicted octanol–water partition coefficient (Wildman–Crippen LogP) is 2.82. The Morgan fingerprint density at radius 3 is 2.68 bits per heavy atom. The van der Waals surface area contributed by atoms with Crippen molar-refractivity contribution in [2.75, 3.05) is 18.4 Å². The molecule has 3 aromatic heterocycles. The summed E-state index contributed by atoms with van der Waals surface area (Å²) in [6, 6.07) is 3.75. The van der Waals surface area contributed by atoms with Crippen LogP contribution in [-0.2, 0) is 11.0 Å². The monoisotopic (exact) mass is 547 g/mol. The third-order valence-electron chi connectivity index (χ3n) is 6.04. The number of aromatic nitrogens is 5. The van der Waals surface area contributed by atoms with Crippen LogP contribution in [0.15, 0.2) is 43.0 Å². The normalized spacial score (nSPS) is 14.8. The molecule has 0 radical (unpaired) electrons. The summed E-state index contributed by atoms with van der Waals surface area (Å²) in [6.45, 7) is 2.48. The fourth-order valence-corrected chi connectivity index (χ4v) is 4.39. The van der Waals surface area contributed by atoms with Gasteiger partial charge in [0.15, 0.2) is 11.5 Å². The van der Waals surface area contributed by atoms with Crippen LogP contribution >= 0.6 is 11.6 Å². The molecule has 1 aliphatic rings. The van der Waals surface area contributed by atoms with E-state index in [1.54, 1.807) is 17.9 Å². The number of carbonyl (C=O) groups is 2. The van der Waals surface area contributed by atoms with Crippen molar-refractivity contribution in [1.82, 2.24) is 34.8 Å². The maximum Gasteiger partial charge on any atom is 0.433 e. The number of carbonyl (C=O) groups excluding carboxylic acids is 2. The van der Waals surface area contributed by atoms with Crippen molar-refractivity contribution < 1.29 is 22.8 Å². The quantitative estimate of drug-likeness (QED) is 0.290. The highest BCUT2D eigenvalue weighted by atomic mass is 35.5. The molecule has 4 aromatic rings. The number of rotatable bonds is 6. The number of nitrogens with one attached hydrogen (secondary N) is 3. The first-order valence-electron chi connectivity index (χ1n) is 11.4. The number of aromatic amines is 1. The number of benzene rings is 1. The van der Waals surface area contributed by atoms with Crippen LogP contribution in [0, 0.1) is 0 Å². The topological polar surface area (TPSA) is 146 Å². The first-order valence-corrected chi connectivity index (χ1v) is 11.8. The van der Waals surface area contributed by atoms with Crippen molar-refractivity contribution in [3.63, 3.8) is 0 Å². The van der Waals surface area contributed by atoms with Crippen LogP contribution in [0.25, 0.3) is 16.9 Å². The number of hydrogen-bond donors (Lipinski definition) is 4. The van der Waals surface area contributed by atoms with Crippen molar-refractivity contribution in [3.8, 4) is 11.3 Å². The van der Waals surface area contributed by atoms with Gasteiger partial charge in [-0.15, -0.1) is 0 Å². The Labute approximate surface area is 218 Å². The highest BCUT2D eigenvalue weighted by molar-refractivity contribution is 6.34. The lowest BCUT2D eigenvalue weighted by Gasteiger charge is -2.38. The summed E-state index contributed by atoms with van der Waals surface area (Å²) in [5.74, 6) is -0.507. The maximum atomic E-state index is 13.4. The molecule has 38 heavy (non-hydrogen) atoms. The molecule has 11 nitrogen and oxygen atoms in total. The van der Waals surface area contributed by atoms with Crippen LogP contribution in [0.5, 0.6) is 0 Å². The number of amides is 2. The summed E-state index contributed by atoms with van der Waals surface area (Å²) < 4.78 is 41.5. The van der Waals surface area contributed by atoms with Crippen LogP contribution < -0.4 is 16.4 Å². The molecule has 5 N–H and O–H groups in total. The van der Waals surface area contributed by atoms with Crippen LogP contribution in [0.2, 0.25) is 5.02 Å². The lowest BCUT2D eigenvalue weighted by molar-refractivity contribution is -0.140. The fourth-order valence-electron chi connectivity index (χ4n) is 4.12. The highest BCUT2D eigenvalue weighted by Crippen LogP contribution is 2.36. The zero-order valence-electron chi connectivity index (χ0n) is 19.8. The molecule has 4 heterocycles. The van der Waals surface area contributed by atoms with Crippen molar-refractivity contribution in [1.29, 1.82) is 0 Å². The molecule has 0 spiro atoms. The Balaban J connectivity index is 1.34. The van der Waals surface area contributed by atoms with Crippen molar-refractivity contribution in [3.05, 3.63) is 59.3 Å². The molecule has 2 amide bonds. The van der Waals surface area contributed by atoms with Gasteiger partial charge in [0.1, 0.15) is 11.7 Å². The van der Waals surface area contributed by atoms with Crippen molar-refractivity contribution in [2.45, 2.75) is 25.2 Å². The van der Waals surface area contributed by atoms with Gasteiger partial charge >= 0.3 is 6.18 Å². The second-order valence-electron chi connectivity index (χ2n) is 8.79. The Bertz CT molecular complexity index is 1530. The van der Waals surface area contributed by atoms with Crippen molar-refractivity contribution in [2.24, 2.45) is 5.73 Å². The average Bonchev–Trinajstić information content (AvgIpc) is 3.49. The summed E-state index contributed by atoms with van der Waals surface area (Å²) in [4.78, 5) is 35.1. The summed E-state index contributed by atoms with van der Waals surface area (Å²) in [7, 11) is 0. The molecule has 1 fully saturated rings. The van der Waals surface area contributed by atoms with E-state index in [2.05, 4.69) is 25.7 Å². The van der Waals surface area contributed by atoms with Gasteiger partial charge in [0.2, 0.25) is 5.91 Å². The molecule has 15 heteroatoms. The number of anilines is 2. The molecular weight excluding hydrogens is 527 g/mol. The number of halogens is 4. The van der Waals surface area contributed by atoms with E-state index in [-0.39, 0.29) is 45.3 Å². The SMILES string of the molecule is C[C@@H](NC(=O)c1ccc(Nc2nccn3c(-c4cn[nH]c4C(F)(F)F)cnc23)cc1Cl)C(=O)N1CC(N)C1. The predicted molar refractivity (Wildman–Crippen MR) is 132 cm³/mol. The zero-order valence-corrected chi connectivity index (χ0v) is 20.5. The third-order valence-corrected chi connectivity index (χ3v) is 6.36. The van der Waals surface area contributed by atoms with E-state index in [0.717, 1.165) is 6.20 Å². The fraction of sp³-hybridized carbons (Fsp3) is 0.261. The number of alkyl halides is 3. The third kappa shape index (κ3) is 4.75. The number of nitrogens with zero attached hydrogens (tertiary/aromatic N) is 5. The first-order chi connectivity index (χ1) is 18.0. The van der Waals surface area contributed by atoms with E-state index in [1.807, 2.05) is 5.10 Å². The molecule has 0 unspecified atom stereocenters. The number of imidazole rings is 1. The Morgan fingerprint density at radius 2 is 2.00 bits per heavy atom. The van der Waals surface area contributed by atoms with E-state index in [1.165, 1.54) is 35.1 Å². The molecule has 0 bridgehead atoms. The van der Waals surface area contributed by atoms with Gasteiger partial charge in [0.25, 0.3) is 5.91 Å². The van der Waals surface area contributed by atoms with Crippen LogP contribution in [0.1, 0.15) is 23.0 Å². The molecular formula is C23H21ClF3N9O2. The summed E-state index contributed by atoms with van der Waals surface area (Å²) in [5, 5.41) is 11.3. The molecule has 1 saturated heterocycles. The number of likely N-dealkylation sites (tertiary alicyclic amines) is 1. The minimum Gasteiger partial charge on any atom is -0.340 e. The Kier molecular flexibility index (Phi) is 6.44. The lowest BCUT2D eigenvalue weighted by Crippen LogP contribution is -2.61. The zero-order chi connectivity index (χ0) is 27.2. The van der Waals surface area contributed by atoms with Gasteiger partial charge in [0, 0.05) is 37.2 Å². The highest BCUT2D eigenvalue weighted by Gasteiger charge is 2.37. The summed E-state index contributed by atoms with van der Waals surface area (Å²) in [5.41, 5.74) is 5.59. The number of fused-ring (bicyclic) bond motifs is 1. The Morgan fingerprint density at radius 1 is 1.24 bits per heavy atom. The van der Waals surface area contributed by atoms with Crippen LogP contribution in [0.3, 0.4) is 0 Å². The van der Waals surface area contributed by atoms with E-state index in [4.69, 9.17) is 17.3 Å². The van der Waals surface area contributed by atoms with Crippen LogP contribution in [-0.4, -0.2) is 66.5 Å². The molecule has 198 valence electrons. The second-order valence-corrected chi connectivity index (χ2v) is 9.19. The van der Waals surface area contributed by atoms with Gasteiger partial charge in [-0.3, -0.25) is 19.1 Å². The summed E-state index contributed by atoms with van der Waals surface area (Å²) >= 11 is 6.35. The largest absolute Gasteiger partial charge is 0.433 e. The minimum absolute atomic E-state index is 0.0479. The lowest BCUT2D eigenvalue weighted by atomic mass is 10.1. The first kappa shape index (κ1) is 25.5. The number of H-pyrrole nitrogens is 1. The minimum atomic E-state index is -4.62. The van der Waals surface area contributed by atoms with Gasteiger partial charge in [-0.2, -0.15) is 18.3 Å². The van der Waals surface area contributed by atoms with Gasteiger partial charge in [-0.1, -0.05) is 11.6 Å². The Hall–Kier alpha value is -4.17. The second kappa shape index (κ2) is 9.61. The van der Waals surface area contributed by atoms with Crippen molar-refractivity contribution >= 4 is 40.6 Å². The molecule has 1 atom stereocenters. The molecule has 0 aliphatic carbocycles. The molecule has 5 rings (SSSR count). The number of nitrogens with two attached hydrogens (primary N) is 1. The van der Waals surface area contributed by atoms with Crippen LogP contribution in [0.4, 0.5) is 24.7 Å². The van der Waals surface area contributed by atoms with E-state index < -0.39 is 23.8 Å². The molecule has 0 saturated carbocycles. The van der Waals surface area contributed by atoms with Gasteiger partial charge in [0.05, 0.1) is 34.2 Å². The number of hydrogen-bond acceptors (Lipinski definition) is 7. The van der Waals surface area contributed by atoms with Gasteiger partial charge in [-0.25, -0.2) is 9.97 Å². The maximum absolute atomic E-state index is 13.4. The van der Waals surface area contributed by atoms with Gasteiger partial charge < -0.3 is 21.3 Å². The molecule has 1 aromatic carbocycles. The smallest absolute Gasteiger partial charge is 0.340 e. The van der Waals surface area contributed by atoms with E-state index in [9.17, 15) is 22.8 Å². The van der Waals surface area contributed by atoms with E-state index >= 15 is 0 Å².